The van der Waals surface area contributed by atoms with Gasteiger partial charge in [-0.25, -0.2) is 4.99 Å². The van der Waals surface area contributed by atoms with Crippen molar-refractivity contribution in [3.8, 4) is 11.5 Å². The van der Waals surface area contributed by atoms with Crippen molar-refractivity contribution in [3.05, 3.63) is 92.3 Å². The van der Waals surface area contributed by atoms with Gasteiger partial charge >= 0.3 is 0 Å². The predicted octanol–water partition coefficient (Wildman–Crippen LogP) is 6.78. The molecule has 8 heteroatoms. The summed E-state index contributed by atoms with van der Waals surface area (Å²) in [6.45, 7) is 2.28. The first-order chi connectivity index (χ1) is 15.9. The lowest BCUT2D eigenvalue weighted by Gasteiger charge is -2.11. The van der Waals surface area contributed by atoms with E-state index >= 15 is 0 Å². The fourth-order valence-electron chi connectivity index (χ4n) is 3.09. The first kappa shape index (κ1) is 23.2. The number of hydrogen-bond acceptors (Lipinski definition) is 5. The van der Waals surface area contributed by atoms with Crippen molar-refractivity contribution in [2.75, 3.05) is 7.11 Å². The number of amidine groups is 1. The molecular weight excluding hydrogens is 479 g/mol. The Kier molecular flexibility index (Phi) is 7.28. The van der Waals surface area contributed by atoms with Crippen molar-refractivity contribution < 1.29 is 14.3 Å². The minimum Gasteiger partial charge on any atom is -0.493 e. The van der Waals surface area contributed by atoms with E-state index in [-0.39, 0.29) is 5.91 Å². The van der Waals surface area contributed by atoms with Gasteiger partial charge in [0.05, 0.1) is 17.7 Å². The summed E-state index contributed by atoms with van der Waals surface area (Å²) in [6, 6.07) is 18.5. The van der Waals surface area contributed by atoms with E-state index in [1.165, 1.54) is 11.8 Å². The zero-order valence-corrected chi connectivity index (χ0v) is 20.2. The normalized spacial score (nSPS) is 15.7. The summed E-state index contributed by atoms with van der Waals surface area (Å²) in [5, 5.41) is 4.62. The molecule has 1 aliphatic heterocycles. The highest BCUT2D eigenvalue weighted by atomic mass is 35.5. The Labute approximate surface area is 206 Å². The summed E-state index contributed by atoms with van der Waals surface area (Å²) in [6.07, 6.45) is 1.79. The molecule has 1 N–H and O–H groups in total. The highest BCUT2D eigenvalue weighted by Crippen LogP contribution is 2.33. The van der Waals surface area contributed by atoms with Gasteiger partial charge in [0, 0.05) is 10.0 Å². The van der Waals surface area contributed by atoms with E-state index < -0.39 is 0 Å². The minimum atomic E-state index is -0.208. The Morgan fingerprint density at radius 2 is 1.85 bits per heavy atom. The van der Waals surface area contributed by atoms with Crippen LogP contribution in [-0.2, 0) is 11.4 Å². The largest absolute Gasteiger partial charge is 0.493 e. The third-order valence-electron chi connectivity index (χ3n) is 4.91. The number of thioether (sulfide) groups is 1. The molecular formula is C25H20Cl2N2O3S. The number of nitrogens with zero attached hydrogens (tertiary/aromatic N) is 1. The summed E-state index contributed by atoms with van der Waals surface area (Å²) in [4.78, 5) is 17.5. The van der Waals surface area contributed by atoms with E-state index in [1.807, 2.05) is 67.6 Å². The molecule has 4 rings (SSSR count). The molecule has 1 aliphatic rings. The number of carbonyl (C=O) groups is 1. The number of carbonyl (C=O) groups excluding carboxylic acids is 1. The highest BCUT2D eigenvalue weighted by molar-refractivity contribution is 8.18. The van der Waals surface area contributed by atoms with Crippen LogP contribution in [0.15, 0.2) is 70.6 Å². The Morgan fingerprint density at radius 3 is 2.61 bits per heavy atom. The molecule has 0 atom stereocenters. The maximum atomic E-state index is 12.5. The first-order valence-corrected chi connectivity index (χ1v) is 11.6. The van der Waals surface area contributed by atoms with Gasteiger partial charge in [-0.3, -0.25) is 4.79 Å². The van der Waals surface area contributed by atoms with Crippen molar-refractivity contribution in [2.45, 2.75) is 13.5 Å². The quantitative estimate of drug-likeness (QED) is 0.380. The SMILES string of the molecule is COc1cc(/C=C2/SC(=Nc3cccc(Cl)c3C)NC2=O)ccc1OCc1ccc(Cl)cc1. The van der Waals surface area contributed by atoms with Gasteiger partial charge in [-0.1, -0.05) is 47.5 Å². The minimum absolute atomic E-state index is 0.208. The second-order valence-corrected chi connectivity index (χ2v) is 9.07. The Hall–Kier alpha value is -2.93. The van der Waals surface area contributed by atoms with Crippen LogP contribution in [0.2, 0.25) is 10.0 Å². The average molecular weight is 499 g/mol. The van der Waals surface area contributed by atoms with E-state index in [0.717, 1.165) is 22.4 Å². The van der Waals surface area contributed by atoms with Crippen LogP contribution < -0.4 is 14.8 Å². The average Bonchev–Trinajstić information content (AvgIpc) is 3.15. The van der Waals surface area contributed by atoms with Gasteiger partial charge in [0.15, 0.2) is 16.7 Å². The lowest BCUT2D eigenvalue weighted by atomic mass is 10.2. The van der Waals surface area contributed by atoms with Crippen molar-refractivity contribution in [1.29, 1.82) is 0 Å². The number of aliphatic imine (C=N–C) groups is 1. The predicted molar refractivity (Wildman–Crippen MR) is 136 cm³/mol. The Bertz CT molecular complexity index is 1260. The molecule has 0 saturated carbocycles. The van der Waals surface area contributed by atoms with E-state index in [2.05, 4.69) is 10.3 Å². The van der Waals surface area contributed by atoms with Crippen molar-refractivity contribution in [1.82, 2.24) is 5.32 Å². The molecule has 0 unspecified atom stereocenters. The smallest absolute Gasteiger partial charge is 0.264 e. The van der Waals surface area contributed by atoms with Gasteiger partial charge in [0.2, 0.25) is 0 Å². The topological polar surface area (TPSA) is 59.9 Å². The molecule has 0 radical (unpaired) electrons. The van der Waals surface area contributed by atoms with E-state index in [1.54, 1.807) is 13.2 Å². The van der Waals surface area contributed by atoms with Crippen LogP contribution in [0.5, 0.6) is 11.5 Å². The van der Waals surface area contributed by atoms with Gasteiger partial charge in [-0.05, 0) is 77.9 Å². The second-order valence-electron chi connectivity index (χ2n) is 7.19. The van der Waals surface area contributed by atoms with E-state index in [9.17, 15) is 4.79 Å². The van der Waals surface area contributed by atoms with Gasteiger partial charge in [-0.15, -0.1) is 0 Å². The fourth-order valence-corrected chi connectivity index (χ4v) is 4.22. The number of ether oxygens (including phenoxy) is 2. The number of amides is 1. The van der Waals surface area contributed by atoms with Gasteiger partial charge in [0.1, 0.15) is 6.61 Å². The molecule has 0 spiro atoms. The maximum absolute atomic E-state index is 12.5. The molecule has 5 nitrogen and oxygen atoms in total. The van der Waals surface area contributed by atoms with Crippen LogP contribution in [-0.4, -0.2) is 18.2 Å². The molecule has 3 aromatic carbocycles. The molecule has 33 heavy (non-hydrogen) atoms. The summed E-state index contributed by atoms with van der Waals surface area (Å²) in [5.74, 6) is 0.974. The van der Waals surface area contributed by atoms with E-state index in [4.69, 9.17) is 32.7 Å². The molecule has 168 valence electrons. The monoisotopic (exact) mass is 498 g/mol. The molecule has 0 aliphatic carbocycles. The number of halogens is 2. The van der Waals surface area contributed by atoms with Crippen molar-refractivity contribution >= 4 is 57.8 Å². The molecule has 0 aromatic heterocycles. The molecule has 3 aromatic rings. The summed E-state index contributed by atoms with van der Waals surface area (Å²) >= 11 is 13.4. The number of methoxy groups -OCH3 is 1. The number of nitrogens with one attached hydrogen (secondary N) is 1. The summed E-state index contributed by atoms with van der Waals surface area (Å²) in [5.41, 5.74) is 3.38. The lowest BCUT2D eigenvalue weighted by Crippen LogP contribution is -2.19. The molecule has 0 bridgehead atoms. The van der Waals surface area contributed by atoms with Gasteiger partial charge in [0.25, 0.3) is 5.91 Å². The first-order valence-electron chi connectivity index (χ1n) is 10.0. The third-order valence-corrected chi connectivity index (χ3v) is 6.48. The number of hydrogen-bond donors (Lipinski definition) is 1. The van der Waals surface area contributed by atoms with Crippen molar-refractivity contribution in [2.24, 2.45) is 4.99 Å². The van der Waals surface area contributed by atoms with Crippen LogP contribution in [0.3, 0.4) is 0 Å². The summed E-state index contributed by atoms with van der Waals surface area (Å²) in [7, 11) is 1.58. The second kappa shape index (κ2) is 10.3. The lowest BCUT2D eigenvalue weighted by molar-refractivity contribution is -0.115. The third kappa shape index (κ3) is 5.71. The standard InChI is InChI=1S/C25H20Cl2N2O3S/c1-15-19(27)4-3-5-20(15)28-25-29-24(30)23(33-25)13-17-8-11-21(22(12-17)31-2)32-14-16-6-9-18(26)10-7-16/h3-13H,14H2,1-2H3,(H,28,29,30)/b23-13+. The highest BCUT2D eigenvalue weighted by Gasteiger charge is 2.24. The van der Waals surface area contributed by atoms with Crippen LogP contribution in [0.4, 0.5) is 5.69 Å². The zero-order chi connectivity index (χ0) is 23.4. The maximum Gasteiger partial charge on any atom is 0.264 e. The Balaban J connectivity index is 1.50. The fraction of sp³-hybridized carbons (Fsp3) is 0.120. The zero-order valence-electron chi connectivity index (χ0n) is 17.9. The van der Waals surface area contributed by atoms with Crippen LogP contribution >= 0.6 is 35.0 Å². The van der Waals surface area contributed by atoms with Gasteiger partial charge in [-0.2, -0.15) is 0 Å². The number of benzene rings is 3. The van der Waals surface area contributed by atoms with E-state index in [0.29, 0.717) is 38.2 Å². The summed E-state index contributed by atoms with van der Waals surface area (Å²) < 4.78 is 11.4. The van der Waals surface area contributed by atoms with Crippen LogP contribution in [0, 0.1) is 6.92 Å². The number of rotatable bonds is 6. The molecule has 1 fully saturated rings. The Morgan fingerprint density at radius 1 is 1.06 bits per heavy atom. The molecule has 1 heterocycles. The van der Waals surface area contributed by atoms with Gasteiger partial charge < -0.3 is 14.8 Å². The van der Waals surface area contributed by atoms with Crippen LogP contribution in [0.25, 0.3) is 6.08 Å². The van der Waals surface area contributed by atoms with Crippen LogP contribution in [0.1, 0.15) is 16.7 Å². The van der Waals surface area contributed by atoms with Crippen molar-refractivity contribution in [3.63, 3.8) is 0 Å². The molecule has 1 saturated heterocycles. The molecule has 1 amide bonds.